The molecular weight excluding hydrogens is 294 g/mol. The first-order valence-corrected chi connectivity index (χ1v) is 7.94. The standard InChI is InChI=1S/C17H23N3O3/c1-3-17(4-2,11-18)16(23)19-9-10-20-14(21)12-7-5-6-8-13(12)15(20)22/h5-8H,3-4,9-11,18H2,1-2H3,(H,19,23). The quantitative estimate of drug-likeness (QED) is 0.738. The molecule has 0 spiro atoms. The van der Waals surface area contributed by atoms with E-state index < -0.39 is 5.41 Å². The first-order valence-electron chi connectivity index (χ1n) is 7.94. The van der Waals surface area contributed by atoms with Gasteiger partial charge in [0.2, 0.25) is 5.91 Å². The van der Waals surface area contributed by atoms with E-state index in [1.54, 1.807) is 24.3 Å². The van der Waals surface area contributed by atoms with E-state index in [4.69, 9.17) is 5.73 Å². The molecule has 1 aromatic rings. The highest BCUT2D eigenvalue weighted by atomic mass is 16.2. The van der Waals surface area contributed by atoms with Crippen molar-refractivity contribution in [2.24, 2.45) is 11.1 Å². The summed E-state index contributed by atoms with van der Waals surface area (Å²) in [5.74, 6) is -0.742. The van der Waals surface area contributed by atoms with Crippen LogP contribution in [0.4, 0.5) is 0 Å². The Morgan fingerprint density at radius 1 is 1.13 bits per heavy atom. The number of benzene rings is 1. The van der Waals surface area contributed by atoms with Gasteiger partial charge in [-0.05, 0) is 25.0 Å². The lowest BCUT2D eigenvalue weighted by atomic mass is 9.81. The van der Waals surface area contributed by atoms with Crippen molar-refractivity contribution in [3.05, 3.63) is 35.4 Å². The normalized spacial score (nSPS) is 14.1. The summed E-state index contributed by atoms with van der Waals surface area (Å²) < 4.78 is 0. The molecule has 0 unspecified atom stereocenters. The van der Waals surface area contributed by atoms with Gasteiger partial charge in [0.15, 0.2) is 0 Å². The minimum atomic E-state index is -0.581. The summed E-state index contributed by atoms with van der Waals surface area (Å²) in [6.45, 7) is 4.53. The third-order valence-corrected chi connectivity index (χ3v) is 4.73. The van der Waals surface area contributed by atoms with Crippen molar-refractivity contribution in [2.45, 2.75) is 26.7 Å². The van der Waals surface area contributed by atoms with Crippen LogP contribution >= 0.6 is 0 Å². The minimum Gasteiger partial charge on any atom is -0.354 e. The highest BCUT2D eigenvalue weighted by Gasteiger charge is 2.36. The van der Waals surface area contributed by atoms with Crippen LogP contribution in [0.25, 0.3) is 0 Å². The van der Waals surface area contributed by atoms with Crippen molar-refractivity contribution >= 4 is 17.7 Å². The zero-order valence-corrected chi connectivity index (χ0v) is 13.6. The second-order valence-corrected chi connectivity index (χ2v) is 5.75. The molecule has 1 aromatic carbocycles. The predicted molar refractivity (Wildman–Crippen MR) is 86.9 cm³/mol. The van der Waals surface area contributed by atoms with Crippen molar-refractivity contribution in [3.63, 3.8) is 0 Å². The summed E-state index contributed by atoms with van der Waals surface area (Å²) in [7, 11) is 0. The summed E-state index contributed by atoms with van der Waals surface area (Å²) in [6, 6.07) is 6.74. The Labute approximate surface area is 136 Å². The van der Waals surface area contributed by atoms with Gasteiger partial charge in [0, 0.05) is 19.6 Å². The van der Waals surface area contributed by atoms with Crippen molar-refractivity contribution in [2.75, 3.05) is 19.6 Å². The molecule has 1 aliphatic heterocycles. The first-order chi connectivity index (χ1) is 11.0. The third-order valence-electron chi connectivity index (χ3n) is 4.73. The van der Waals surface area contributed by atoms with Crippen molar-refractivity contribution < 1.29 is 14.4 Å². The van der Waals surface area contributed by atoms with E-state index in [1.165, 1.54) is 4.90 Å². The second-order valence-electron chi connectivity index (χ2n) is 5.75. The molecule has 0 aromatic heterocycles. The lowest BCUT2D eigenvalue weighted by Gasteiger charge is -2.28. The largest absolute Gasteiger partial charge is 0.354 e. The highest BCUT2D eigenvalue weighted by Crippen LogP contribution is 2.25. The van der Waals surface area contributed by atoms with Crippen LogP contribution in [0.15, 0.2) is 24.3 Å². The Morgan fingerprint density at radius 3 is 2.09 bits per heavy atom. The van der Waals surface area contributed by atoms with Crippen LogP contribution in [-0.4, -0.2) is 42.3 Å². The van der Waals surface area contributed by atoms with Crippen LogP contribution in [0.2, 0.25) is 0 Å². The Kier molecular flexibility index (Phi) is 5.15. The molecule has 0 bridgehead atoms. The number of carbonyl (C=O) groups is 3. The maximum atomic E-state index is 12.3. The molecule has 1 heterocycles. The van der Waals surface area contributed by atoms with Crippen molar-refractivity contribution in [1.29, 1.82) is 0 Å². The average molecular weight is 317 g/mol. The summed E-state index contributed by atoms with van der Waals surface area (Å²) in [5.41, 5.74) is 6.00. The topological polar surface area (TPSA) is 92.5 Å². The maximum absolute atomic E-state index is 12.3. The number of nitrogens with zero attached hydrogens (tertiary/aromatic N) is 1. The highest BCUT2D eigenvalue weighted by molar-refractivity contribution is 6.21. The molecule has 6 heteroatoms. The van der Waals surface area contributed by atoms with Crippen LogP contribution in [0.3, 0.4) is 0 Å². The number of imide groups is 1. The van der Waals surface area contributed by atoms with E-state index in [9.17, 15) is 14.4 Å². The summed E-state index contributed by atoms with van der Waals surface area (Å²) >= 11 is 0. The van der Waals surface area contributed by atoms with Gasteiger partial charge in [-0.25, -0.2) is 0 Å². The summed E-state index contributed by atoms with van der Waals surface area (Å²) in [4.78, 5) is 37.9. The Morgan fingerprint density at radius 2 is 1.65 bits per heavy atom. The van der Waals surface area contributed by atoms with E-state index in [-0.39, 0.29) is 37.4 Å². The molecular formula is C17H23N3O3. The third kappa shape index (κ3) is 2.99. The van der Waals surface area contributed by atoms with Crippen LogP contribution in [0.1, 0.15) is 47.4 Å². The molecule has 1 aliphatic rings. The number of carbonyl (C=O) groups excluding carboxylic acids is 3. The van der Waals surface area contributed by atoms with Gasteiger partial charge < -0.3 is 11.1 Å². The number of hydrogen-bond acceptors (Lipinski definition) is 4. The van der Waals surface area contributed by atoms with Crippen LogP contribution in [0, 0.1) is 5.41 Å². The van der Waals surface area contributed by atoms with Gasteiger partial charge in [-0.3, -0.25) is 19.3 Å². The van der Waals surface area contributed by atoms with Gasteiger partial charge in [0.25, 0.3) is 11.8 Å². The molecule has 2 rings (SSSR count). The fourth-order valence-electron chi connectivity index (χ4n) is 2.86. The Hall–Kier alpha value is -2.21. The predicted octanol–water partition coefficient (Wildman–Crippen LogP) is 1.16. The van der Waals surface area contributed by atoms with E-state index in [0.717, 1.165) is 0 Å². The number of nitrogens with two attached hydrogens (primary N) is 1. The molecule has 23 heavy (non-hydrogen) atoms. The second kappa shape index (κ2) is 6.91. The first kappa shape index (κ1) is 17.1. The van der Waals surface area contributed by atoms with Gasteiger partial charge in [-0.2, -0.15) is 0 Å². The van der Waals surface area contributed by atoms with Crippen LogP contribution < -0.4 is 11.1 Å². The Bertz CT molecular complexity index is 580. The molecule has 0 radical (unpaired) electrons. The van der Waals surface area contributed by atoms with E-state index >= 15 is 0 Å². The van der Waals surface area contributed by atoms with E-state index in [1.807, 2.05) is 13.8 Å². The van der Waals surface area contributed by atoms with Crippen LogP contribution in [-0.2, 0) is 4.79 Å². The SMILES string of the molecule is CCC(CC)(CN)C(=O)NCCN1C(=O)c2ccccc2C1=O. The van der Waals surface area contributed by atoms with Crippen molar-refractivity contribution in [3.8, 4) is 0 Å². The number of nitrogens with one attached hydrogen (secondary N) is 1. The monoisotopic (exact) mass is 317 g/mol. The van der Waals surface area contributed by atoms with Crippen molar-refractivity contribution in [1.82, 2.24) is 10.2 Å². The molecule has 124 valence electrons. The zero-order valence-electron chi connectivity index (χ0n) is 13.6. The molecule has 0 saturated heterocycles. The van der Waals surface area contributed by atoms with E-state index in [2.05, 4.69) is 5.32 Å². The van der Waals surface area contributed by atoms with Gasteiger partial charge in [0.1, 0.15) is 0 Å². The number of rotatable bonds is 7. The van der Waals surface area contributed by atoms with Gasteiger partial charge in [0.05, 0.1) is 16.5 Å². The minimum absolute atomic E-state index is 0.124. The molecule has 0 saturated carbocycles. The fraction of sp³-hybridized carbons (Fsp3) is 0.471. The van der Waals surface area contributed by atoms with E-state index in [0.29, 0.717) is 24.0 Å². The van der Waals surface area contributed by atoms with Gasteiger partial charge in [-0.15, -0.1) is 0 Å². The van der Waals surface area contributed by atoms with Gasteiger partial charge >= 0.3 is 0 Å². The molecule has 0 aliphatic carbocycles. The number of hydrogen-bond donors (Lipinski definition) is 2. The van der Waals surface area contributed by atoms with Gasteiger partial charge in [-0.1, -0.05) is 26.0 Å². The lowest BCUT2D eigenvalue weighted by Crippen LogP contribution is -2.47. The summed E-state index contributed by atoms with van der Waals surface area (Å²) in [5, 5.41) is 2.81. The number of fused-ring (bicyclic) bond motifs is 1. The molecule has 0 atom stereocenters. The summed E-state index contributed by atoms with van der Waals surface area (Å²) in [6.07, 6.45) is 1.30. The molecule has 3 N–H and O–H groups in total. The lowest BCUT2D eigenvalue weighted by molar-refractivity contribution is -0.131. The Balaban J connectivity index is 1.97. The average Bonchev–Trinajstić information content (AvgIpc) is 2.82. The maximum Gasteiger partial charge on any atom is 0.261 e. The zero-order chi connectivity index (χ0) is 17.0. The fourth-order valence-corrected chi connectivity index (χ4v) is 2.86. The molecule has 0 fully saturated rings. The smallest absolute Gasteiger partial charge is 0.261 e. The molecule has 3 amide bonds. The molecule has 6 nitrogen and oxygen atoms in total. The van der Waals surface area contributed by atoms with Crippen LogP contribution in [0.5, 0.6) is 0 Å². The number of amides is 3.